The molecule has 128 valence electrons. The summed E-state index contributed by atoms with van der Waals surface area (Å²) in [6.45, 7) is 8.81. The second-order valence-electron chi connectivity index (χ2n) is 7.08. The molecule has 1 fully saturated rings. The number of nitrogens with zero attached hydrogens (tertiary/aromatic N) is 2. The molecule has 0 spiro atoms. The van der Waals surface area contributed by atoms with Gasteiger partial charge in [0, 0.05) is 36.7 Å². The number of hydrogen-bond donors (Lipinski definition) is 2. The summed E-state index contributed by atoms with van der Waals surface area (Å²) >= 11 is 0. The van der Waals surface area contributed by atoms with Crippen LogP contribution in [0.2, 0.25) is 0 Å². The number of amides is 1. The van der Waals surface area contributed by atoms with Gasteiger partial charge >= 0.3 is 0 Å². The van der Waals surface area contributed by atoms with E-state index in [1.807, 2.05) is 36.2 Å². The highest BCUT2D eigenvalue weighted by Gasteiger charge is 2.26. The Balaban J connectivity index is 1.73. The SMILES string of the molecule is Cc1ccc(C(=O)N2C[C@@H](C)C[C@H](C)C2)cc1NCc1ncc[nH]1. The molecule has 1 aromatic heterocycles. The molecule has 1 amide bonds. The lowest BCUT2D eigenvalue weighted by Gasteiger charge is -2.35. The average Bonchev–Trinajstić information content (AvgIpc) is 3.06. The minimum atomic E-state index is 0.134. The number of anilines is 1. The largest absolute Gasteiger partial charge is 0.378 e. The lowest BCUT2D eigenvalue weighted by atomic mass is 9.91. The number of benzene rings is 1. The van der Waals surface area contributed by atoms with Crippen molar-refractivity contribution >= 4 is 11.6 Å². The summed E-state index contributed by atoms with van der Waals surface area (Å²) < 4.78 is 0. The Morgan fingerprint density at radius 1 is 1.33 bits per heavy atom. The van der Waals surface area contributed by atoms with Crippen LogP contribution < -0.4 is 5.32 Å². The fourth-order valence-electron chi connectivity index (χ4n) is 3.53. The van der Waals surface area contributed by atoms with Gasteiger partial charge in [-0.25, -0.2) is 4.98 Å². The Morgan fingerprint density at radius 3 is 2.75 bits per heavy atom. The summed E-state index contributed by atoms with van der Waals surface area (Å²) in [7, 11) is 0. The minimum absolute atomic E-state index is 0.134. The lowest BCUT2D eigenvalue weighted by molar-refractivity contribution is 0.0623. The van der Waals surface area contributed by atoms with E-state index in [4.69, 9.17) is 0 Å². The molecule has 0 radical (unpaired) electrons. The zero-order chi connectivity index (χ0) is 17.1. The van der Waals surface area contributed by atoms with E-state index in [1.165, 1.54) is 6.42 Å². The van der Waals surface area contributed by atoms with Crippen LogP contribution in [0.5, 0.6) is 0 Å². The van der Waals surface area contributed by atoms with Gasteiger partial charge in [0.15, 0.2) is 0 Å². The van der Waals surface area contributed by atoms with Crippen LogP contribution in [0, 0.1) is 18.8 Å². The molecule has 0 saturated carbocycles. The van der Waals surface area contributed by atoms with Crippen molar-refractivity contribution in [2.24, 2.45) is 11.8 Å². The first kappa shape index (κ1) is 16.6. The molecule has 2 atom stereocenters. The molecule has 2 aromatic rings. The first-order valence-electron chi connectivity index (χ1n) is 8.65. The van der Waals surface area contributed by atoms with Gasteiger partial charge in [0.2, 0.25) is 0 Å². The number of aromatic nitrogens is 2. The summed E-state index contributed by atoms with van der Waals surface area (Å²) in [5, 5.41) is 3.37. The summed E-state index contributed by atoms with van der Waals surface area (Å²) in [6.07, 6.45) is 4.75. The molecule has 3 rings (SSSR count). The van der Waals surface area contributed by atoms with Gasteiger partial charge in [-0.3, -0.25) is 4.79 Å². The number of rotatable bonds is 4. The van der Waals surface area contributed by atoms with Crippen LogP contribution >= 0.6 is 0 Å². The zero-order valence-electron chi connectivity index (χ0n) is 14.7. The summed E-state index contributed by atoms with van der Waals surface area (Å²) in [5.74, 6) is 2.15. The van der Waals surface area contributed by atoms with Gasteiger partial charge in [-0.1, -0.05) is 19.9 Å². The van der Waals surface area contributed by atoms with Crippen molar-refractivity contribution in [3.05, 3.63) is 47.5 Å². The maximum atomic E-state index is 12.9. The van der Waals surface area contributed by atoms with E-state index in [0.717, 1.165) is 35.7 Å². The van der Waals surface area contributed by atoms with E-state index in [2.05, 4.69) is 29.1 Å². The summed E-state index contributed by atoms with van der Waals surface area (Å²) in [6, 6.07) is 5.90. The normalized spacial score (nSPS) is 20.9. The van der Waals surface area contributed by atoms with Gasteiger partial charge < -0.3 is 15.2 Å². The number of aromatic amines is 1. The average molecular weight is 326 g/mol. The van der Waals surface area contributed by atoms with Crippen molar-refractivity contribution in [3.8, 4) is 0 Å². The number of nitrogens with one attached hydrogen (secondary N) is 2. The van der Waals surface area contributed by atoms with Crippen molar-refractivity contribution in [1.82, 2.24) is 14.9 Å². The van der Waals surface area contributed by atoms with Crippen molar-refractivity contribution in [2.75, 3.05) is 18.4 Å². The van der Waals surface area contributed by atoms with Crippen LogP contribution in [0.4, 0.5) is 5.69 Å². The number of carbonyl (C=O) groups is 1. The molecular formula is C19H26N4O. The molecular weight excluding hydrogens is 300 g/mol. The second-order valence-corrected chi connectivity index (χ2v) is 7.08. The van der Waals surface area contributed by atoms with Crippen molar-refractivity contribution in [1.29, 1.82) is 0 Å². The van der Waals surface area contributed by atoms with E-state index in [9.17, 15) is 4.79 Å². The Labute approximate surface area is 143 Å². The number of carbonyl (C=O) groups excluding carboxylic acids is 1. The predicted molar refractivity (Wildman–Crippen MR) is 95.9 cm³/mol. The number of aryl methyl sites for hydroxylation is 1. The molecule has 0 unspecified atom stereocenters. The van der Waals surface area contributed by atoms with Gasteiger partial charge in [0.1, 0.15) is 5.82 Å². The Kier molecular flexibility index (Phi) is 4.88. The highest BCUT2D eigenvalue weighted by atomic mass is 16.2. The van der Waals surface area contributed by atoms with Gasteiger partial charge in [0.25, 0.3) is 5.91 Å². The molecule has 0 bridgehead atoms. The molecule has 0 aliphatic carbocycles. The topological polar surface area (TPSA) is 61.0 Å². The van der Waals surface area contributed by atoms with E-state index >= 15 is 0 Å². The number of piperidine rings is 1. The molecule has 5 nitrogen and oxygen atoms in total. The molecule has 5 heteroatoms. The van der Waals surface area contributed by atoms with E-state index in [0.29, 0.717) is 18.4 Å². The smallest absolute Gasteiger partial charge is 0.253 e. The van der Waals surface area contributed by atoms with Gasteiger partial charge in [-0.05, 0) is 42.9 Å². The van der Waals surface area contributed by atoms with E-state index in [1.54, 1.807) is 6.20 Å². The van der Waals surface area contributed by atoms with Crippen LogP contribution in [0.25, 0.3) is 0 Å². The number of imidazole rings is 1. The van der Waals surface area contributed by atoms with Gasteiger partial charge in [0.05, 0.1) is 6.54 Å². The summed E-state index contributed by atoms with van der Waals surface area (Å²) in [4.78, 5) is 22.2. The lowest BCUT2D eigenvalue weighted by Crippen LogP contribution is -2.42. The monoisotopic (exact) mass is 326 g/mol. The Hall–Kier alpha value is -2.30. The first-order chi connectivity index (χ1) is 11.5. The fourth-order valence-corrected chi connectivity index (χ4v) is 3.53. The van der Waals surface area contributed by atoms with Gasteiger partial charge in [-0.15, -0.1) is 0 Å². The Morgan fingerprint density at radius 2 is 2.08 bits per heavy atom. The maximum absolute atomic E-state index is 12.9. The minimum Gasteiger partial charge on any atom is -0.378 e. The maximum Gasteiger partial charge on any atom is 0.253 e. The number of hydrogen-bond acceptors (Lipinski definition) is 3. The molecule has 1 saturated heterocycles. The number of likely N-dealkylation sites (tertiary alicyclic amines) is 1. The van der Waals surface area contributed by atoms with Crippen LogP contribution in [-0.2, 0) is 6.54 Å². The zero-order valence-corrected chi connectivity index (χ0v) is 14.7. The highest BCUT2D eigenvalue weighted by molar-refractivity contribution is 5.95. The Bertz CT molecular complexity index is 685. The molecule has 1 aliphatic rings. The van der Waals surface area contributed by atoms with Crippen molar-refractivity contribution in [3.63, 3.8) is 0 Å². The molecule has 1 aromatic carbocycles. The fraction of sp³-hybridized carbons (Fsp3) is 0.474. The van der Waals surface area contributed by atoms with Crippen LogP contribution in [-0.4, -0.2) is 33.9 Å². The van der Waals surface area contributed by atoms with Crippen LogP contribution in [0.15, 0.2) is 30.6 Å². The molecule has 2 heterocycles. The second kappa shape index (κ2) is 7.07. The first-order valence-corrected chi connectivity index (χ1v) is 8.65. The van der Waals surface area contributed by atoms with Crippen LogP contribution in [0.1, 0.15) is 42.0 Å². The standard InChI is InChI=1S/C19H26N4O/c1-13-8-14(2)12-23(11-13)19(24)16-5-4-15(3)17(9-16)22-10-18-20-6-7-21-18/h4-7,9,13-14,22H,8,10-12H2,1-3H3,(H,20,21)/t13-,14-/m0/s1. The van der Waals surface area contributed by atoms with Gasteiger partial charge in [-0.2, -0.15) is 0 Å². The third kappa shape index (κ3) is 3.78. The van der Waals surface area contributed by atoms with E-state index in [-0.39, 0.29) is 5.91 Å². The van der Waals surface area contributed by atoms with Crippen molar-refractivity contribution < 1.29 is 4.79 Å². The third-order valence-corrected chi connectivity index (χ3v) is 4.64. The highest BCUT2D eigenvalue weighted by Crippen LogP contribution is 2.24. The third-order valence-electron chi connectivity index (χ3n) is 4.64. The molecule has 2 N–H and O–H groups in total. The van der Waals surface area contributed by atoms with Crippen molar-refractivity contribution in [2.45, 2.75) is 33.7 Å². The number of H-pyrrole nitrogens is 1. The predicted octanol–water partition coefficient (Wildman–Crippen LogP) is 3.45. The summed E-state index contributed by atoms with van der Waals surface area (Å²) in [5.41, 5.74) is 2.86. The quantitative estimate of drug-likeness (QED) is 0.904. The molecule has 24 heavy (non-hydrogen) atoms. The van der Waals surface area contributed by atoms with Crippen LogP contribution in [0.3, 0.4) is 0 Å². The van der Waals surface area contributed by atoms with E-state index < -0.39 is 0 Å². The molecule has 1 aliphatic heterocycles.